The number of hydrogen-bond donors (Lipinski definition) is 2. The Hall–Kier alpha value is -2.84. The number of hydrogen-bond acceptors (Lipinski definition) is 5. The van der Waals surface area contributed by atoms with Crippen LogP contribution >= 0.6 is 0 Å². The SMILES string of the molecule is CN=C(NCC(=O)NCc1ccco1)N1CC2OCCN(Cc3ccccc3)C2C1. The van der Waals surface area contributed by atoms with E-state index in [1.807, 2.05) is 12.1 Å². The molecule has 8 nitrogen and oxygen atoms in total. The number of amides is 1. The number of nitrogens with one attached hydrogen (secondary N) is 2. The largest absolute Gasteiger partial charge is 0.467 e. The highest BCUT2D eigenvalue weighted by atomic mass is 16.5. The van der Waals surface area contributed by atoms with Gasteiger partial charge < -0.3 is 24.7 Å². The molecular weight excluding hydrogens is 382 g/mol. The summed E-state index contributed by atoms with van der Waals surface area (Å²) in [7, 11) is 1.74. The van der Waals surface area contributed by atoms with Gasteiger partial charge in [0, 0.05) is 33.2 Å². The highest BCUT2D eigenvalue weighted by Gasteiger charge is 2.41. The van der Waals surface area contributed by atoms with Crippen LogP contribution < -0.4 is 10.6 Å². The van der Waals surface area contributed by atoms with Crippen LogP contribution in [0.15, 0.2) is 58.1 Å². The van der Waals surface area contributed by atoms with Crippen molar-refractivity contribution in [2.45, 2.75) is 25.2 Å². The van der Waals surface area contributed by atoms with Gasteiger partial charge in [0.15, 0.2) is 5.96 Å². The van der Waals surface area contributed by atoms with E-state index in [0.29, 0.717) is 12.6 Å². The molecule has 0 spiro atoms. The van der Waals surface area contributed by atoms with Crippen molar-refractivity contribution in [1.29, 1.82) is 0 Å². The van der Waals surface area contributed by atoms with E-state index >= 15 is 0 Å². The first-order valence-corrected chi connectivity index (χ1v) is 10.4. The molecule has 1 aromatic carbocycles. The number of fused-ring (bicyclic) bond motifs is 1. The summed E-state index contributed by atoms with van der Waals surface area (Å²) in [6.07, 6.45) is 1.74. The van der Waals surface area contributed by atoms with E-state index in [-0.39, 0.29) is 18.6 Å². The molecule has 2 aliphatic heterocycles. The van der Waals surface area contributed by atoms with Crippen LogP contribution in [0.4, 0.5) is 0 Å². The maximum Gasteiger partial charge on any atom is 0.239 e. The predicted octanol–water partition coefficient (Wildman–Crippen LogP) is 1.06. The van der Waals surface area contributed by atoms with Crippen molar-refractivity contribution in [3.63, 3.8) is 0 Å². The standard InChI is InChI=1S/C22H29N5O3/c1-23-22(25-13-21(28)24-12-18-8-5-10-29-18)27-15-19-20(16-27)30-11-9-26(19)14-17-6-3-2-4-7-17/h2-8,10,19-20H,9,11-16H2,1H3,(H,23,25)(H,24,28). The fourth-order valence-corrected chi connectivity index (χ4v) is 4.10. The van der Waals surface area contributed by atoms with E-state index in [0.717, 1.165) is 44.5 Å². The van der Waals surface area contributed by atoms with Crippen molar-refractivity contribution in [2.75, 3.05) is 39.8 Å². The number of furan rings is 1. The fourth-order valence-electron chi connectivity index (χ4n) is 4.10. The third-order valence-corrected chi connectivity index (χ3v) is 5.60. The Morgan fingerprint density at radius 3 is 2.80 bits per heavy atom. The van der Waals surface area contributed by atoms with Gasteiger partial charge in [-0.1, -0.05) is 30.3 Å². The van der Waals surface area contributed by atoms with Crippen LogP contribution in [0.2, 0.25) is 0 Å². The molecular formula is C22H29N5O3. The van der Waals surface area contributed by atoms with Crippen molar-refractivity contribution >= 4 is 11.9 Å². The molecule has 0 bridgehead atoms. The Morgan fingerprint density at radius 1 is 1.17 bits per heavy atom. The Bertz CT molecular complexity index is 840. The van der Waals surface area contributed by atoms with Gasteiger partial charge in [0.25, 0.3) is 0 Å². The number of carbonyl (C=O) groups is 1. The molecule has 0 radical (unpaired) electrons. The molecule has 2 aromatic rings. The summed E-state index contributed by atoms with van der Waals surface area (Å²) in [6.45, 7) is 4.71. The lowest BCUT2D eigenvalue weighted by atomic mass is 10.1. The molecule has 2 unspecified atom stereocenters. The summed E-state index contributed by atoms with van der Waals surface area (Å²) in [5.74, 6) is 1.35. The van der Waals surface area contributed by atoms with Crippen LogP contribution in [-0.4, -0.2) is 73.6 Å². The monoisotopic (exact) mass is 411 g/mol. The van der Waals surface area contributed by atoms with E-state index in [9.17, 15) is 4.79 Å². The van der Waals surface area contributed by atoms with Crippen LogP contribution in [-0.2, 0) is 22.6 Å². The zero-order valence-electron chi connectivity index (χ0n) is 17.3. The zero-order valence-corrected chi connectivity index (χ0v) is 17.3. The van der Waals surface area contributed by atoms with Gasteiger partial charge in [-0.3, -0.25) is 14.7 Å². The molecule has 0 saturated carbocycles. The smallest absolute Gasteiger partial charge is 0.239 e. The number of ether oxygens (including phenoxy) is 1. The lowest BCUT2D eigenvalue weighted by molar-refractivity contribution is -0.120. The maximum atomic E-state index is 12.2. The first-order chi connectivity index (χ1) is 14.7. The van der Waals surface area contributed by atoms with Gasteiger partial charge in [-0.2, -0.15) is 0 Å². The normalized spacial score (nSPS) is 22.0. The molecule has 2 saturated heterocycles. The molecule has 2 atom stereocenters. The number of carbonyl (C=O) groups excluding carboxylic acids is 1. The van der Waals surface area contributed by atoms with Crippen molar-refractivity contribution in [1.82, 2.24) is 20.4 Å². The lowest BCUT2D eigenvalue weighted by Gasteiger charge is -2.36. The van der Waals surface area contributed by atoms with Crippen LogP contribution in [0, 0.1) is 0 Å². The van der Waals surface area contributed by atoms with Gasteiger partial charge in [-0.05, 0) is 17.7 Å². The second kappa shape index (κ2) is 9.77. The molecule has 30 heavy (non-hydrogen) atoms. The van der Waals surface area contributed by atoms with Crippen molar-refractivity contribution in [2.24, 2.45) is 4.99 Å². The number of rotatable bonds is 6. The predicted molar refractivity (Wildman–Crippen MR) is 114 cm³/mol. The minimum Gasteiger partial charge on any atom is -0.467 e. The van der Waals surface area contributed by atoms with Gasteiger partial charge in [0.05, 0.1) is 38.1 Å². The second-order valence-corrected chi connectivity index (χ2v) is 7.59. The van der Waals surface area contributed by atoms with E-state index in [2.05, 4.69) is 49.7 Å². The minimum atomic E-state index is -0.105. The number of aliphatic imine (C=N–C) groups is 1. The summed E-state index contributed by atoms with van der Waals surface area (Å²) < 4.78 is 11.3. The first-order valence-electron chi connectivity index (χ1n) is 10.4. The molecule has 4 rings (SSSR count). The molecule has 3 heterocycles. The fraction of sp³-hybridized carbons (Fsp3) is 0.455. The molecule has 2 aliphatic rings. The molecule has 8 heteroatoms. The van der Waals surface area contributed by atoms with Crippen LogP contribution in [0.5, 0.6) is 0 Å². The summed E-state index contributed by atoms with van der Waals surface area (Å²) >= 11 is 0. The molecule has 1 aromatic heterocycles. The van der Waals surface area contributed by atoms with Gasteiger partial charge in [-0.15, -0.1) is 0 Å². The lowest BCUT2D eigenvalue weighted by Crippen LogP contribution is -2.50. The van der Waals surface area contributed by atoms with Crippen molar-refractivity contribution in [3.8, 4) is 0 Å². The highest BCUT2D eigenvalue weighted by Crippen LogP contribution is 2.24. The molecule has 2 fully saturated rings. The van der Waals surface area contributed by atoms with Crippen molar-refractivity contribution < 1.29 is 13.9 Å². The summed E-state index contributed by atoms with van der Waals surface area (Å²) in [4.78, 5) is 21.2. The third-order valence-electron chi connectivity index (χ3n) is 5.60. The van der Waals surface area contributed by atoms with Crippen molar-refractivity contribution in [3.05, 3.63) is 60.1 Å². The van der Waals surface area contributed by atoms with Gasteiger partial charge >= 0.3 is 0 Å². The van der Waals surface area contributed by atoms with Crippen LogP contribution in [0.25, 0.3) is 0 Å². The maximum absolute atomic E-state index is 12.2. The van der Waals surface area contributed by atoms with Gasteiger partial charge in [-0.25, -0.2) is 0 Å². The average molecular weight is 412 g/mol. The Kier molecular flexibility index (Phi) is 6.66. The third kappa shape index (κ3) is 5.01. The zero-order chi connectivity index (χ0) is 20.8. The summed E-state index contributed by atoms with van der Waals surface area (Å²) in [6, 6.07) is 14.5. The quantitative estimate of drug-likeness (QED) is 0.546. The highest BCUT2D eigenvalue weighted by molar-refractivity contribution is 5.86. The second-order valence-electron chi connectivity index (χ2n) is 7.59. The molecule has 2 N–H and O–H groups in total. The molecule has 160 valence electrons. The van der Waals surface area contributed by atoms with E-state index < -0.39 is 0 Å². The molecule has 0 aliphatic carbocycles. The molecule has 1 amide bonds. The summed E-state index contributed by atoms with van der Waals surface area (Å²) in [5.41, 5.74) is 1.31. The average Bonchev–Trinajstić information content (AvgIpc) is 3.44. The minimum absolute atomic E-state index is 0.105. The topological polar surface area (TPSA) is 82.3 Å². The Morgan fingerprint density at radius 2 is 2.03 bits per heavy atom. The Balaban J connectivity index is 1.29. The van der Waals surface area contributed by atoms with E-state index in [1.54, 1.807) is 19.4 Å². The number of benzene rings is 1. The number of nitrogens with zero attached hydrogens (tertiary/aromatic N) is 3. The summed E-state index contributed by atoms with van der Waals surface area (Å²) in [5, 5.41) is 6.01. The van der Waals surface area contributed by atoms with E-state index in [1.165, 1.54) is 5.56 Å². The van der Waals surface area contributed by atoms with Gasteiger partial charge in [0.1, 0.15) is 5.76 Å². The van der Waals surface area contributed by atoms with Crippen LogP contribution in [0.3, 0.4) is 0 Å². The number of morpholine rings is 1. The number of guanidine groups is 1. The Labute approximate surface area is 176 Å². The first kappa shape index (κ1) is 20.4. The number of likely N-dealkylation sites (tertiary alicyclic amines) is 1. The van der Waals surface area contributed by atoms with E-state index in [4.69, 9.17) is 9.15 Å². The van der Waals surface area contributed by atoms with Gasteiger partial charge in [0.2, 0.25) is 5.91 Å². The van der Waals surface area contributed by atoms with Crippen LogP contribution in [0.1, 0.15) is 11.3 Å².